The molecule has 2 N–H and O–H groups in total. The molecule has 0 saturated heterocycles. The number of methoxy groups -OCH3 is 1. The Morgan fingerprint density at radius 1 is 1.22 bits per heavy atom. The van der Waals surface area contributed by atoms with Crippen LogP contribution in [0.25, 0.3) is 0 Å². The Hall–Kier alpha value is -3.02. The van der Waals surface area contributed by atoms with Crippen LogP contribution in [-0.4, -0.2) is 36.1 Å². The smallest absolute Gasteiger partial charge is 0.339 e. The Balaban J connectivity index is 2.26. The van der Waals surface area contributed by atoms with Gasteiger partial charge in [0.05, 0.1) is 19.4 Å². The van der Waals surface area contributed by atoms with Gasteiger partial charge in [-0.3, -0.25) is 4.99 Å². The zero-order valence-corrected chi connectivity index (χ0v) is 12.8. The number of nitrogens with zero attached hydrogens (tertiary/aromatic N) is 1. The van der Waals surface area contributed by atoms with Crippen molar-refractivity contribution in [2.45, 2.75) is 6.92 Å². The van der Waals surface area contributed by atoms with Gasteiger partial charge in [0.15, 0.2) is 11.5 Å². The minimum Gasteiger partial charge on any atom is -0.507 e. The second-order valence-corrected chi connectivity index (χ2v) is 4.61. The summed E-state index contributed by atoms with van der Waals surface area (Å²) in [6.07, 6.45) is 1.58. The van der Waals surface area contributed by atoms with Crippen LogP contribution < -0.4 is 9.47 Å². The molecule has 0 aliphatic heterocycles. The lowest BCUT2D eigenvalue weighted by atomic mass is 10.1. The maximum absolute atomic E-state index is 11.0. The molecule has 0 bridgehead atoms. The Kier molecular flexibility index (Phi) is 5.19. The van der Waals surface area contributed by atoms with E-state index < -0.39 is 5.97 Å². The van der Waals surface area contributed by atoms with Gasteiger partial charge in [-0.2, -0.15) is 0 Å². The highest BCUT2D eigenvalue weighted by atomic mass is 16.5. The first-order valence-corrected chi connectivity index (χ1v) is 6.96. The van der Waals surface area contributed by atoms with Crippen molar-refractivity contribution in [2.24, 2.45) is 4.99 Å². The fourth-order valence-electron chi connectivity index (χ4n) is 1.96. The quantitative estimate of drug-likeness (QED) is 0.799. The molecule has 0 unspecified atom stereocenters. The van der Waals surface area contributed by atoms with Crippen molar-refractivity contribution in [1.82, 2.24) is 0 Å². The van der Waals surface area contributed by atoms with Crippen molar-refractivity contribution < 1.29 is 24.5 Å². The molecule has 0 aromatic heterocycles. The fourth-order valence-corrected chi connectivity index (χ4v) is 1.96. The maximum Gasteiger partial charge on any atom is 0.339 e. The van der Waals surface area contributed by atoms with Gasteiger partial charge >= 0.3 is 5.97 Å². The third-order valence-corrected chi connectivity index (χ3v) is 3.06. The summed E-state index contributed by atoms with van der Waals surface area (Å²) in [7, 11) is 1.55. The zero-order valence-electron chi connectivity index (χ0n) is 12.8. The Morgan fingerprint density at radius 2 is 2.00 bits per heavy atom. The van der Waals surface area contributed by atoms with Crippen LogP contribution in [0.2, 0.25) is 0 Å². The summed E-state index contributed by atoms with van der Waals surface area (Å²) < 4.78 is 10.7. The number of carbonyl (C=O) groups is 1. The van der Waals surface area contributed by atoms with E-state index in [-0.39, 0.29) is 11.3 Å². The van der Waals surface area contributed by atoms with Gasteiger partial charge in [0.1, 0.15) is 11.3 Å². The second kappa shape index (κ2) is 7.31. The predicted octanol–water partition coefficient (Wildman–Crippen LogP) is 3.25. The van der Waals surface area contributed by atoms with Gasteiger partial charge < -0.3 is 19.7 Å². The van der Waals surface area contributed by atoms with Crippen molar-refractivity contribution in [3.8, 4) is 17.2 Å². The molecular weight excluding hydrogens is 298 g/mol. The molecule has 0 atom stereocenters. The van der Waals surface area contributed by atoms with Crippen LogP contribution in [0.3, 0.4) is 0 Å². The molecule has 0 aliphatic rings. The number of hydrogen-bond donors (Lipinski definition) is 2. The maximum atomic E-state index is 11.0. The highest BCUT2D eigenvalue weighted by Gasteiger charge is 2.09. The lowest BCUT2D eigenvalue weighted by Crippen LogP contribution is -1.96. The van der Waals surface area contributed by atoms with E-state index in [0.29, 0.717) is 23.8 Å². The Labute approximate surface area is 133 Å². The average Bonchev–Trinajstić information content (AvgIpc) is 2.55. The molecule has 6 nitrogen and oxygen atoms in total. The molecular formula is C17H17NO5. The van der Waals surface area contributed by atoms with E-state index in [4.69, 9.17) is 14.6 Å². The van der Waals surface area contributed by atoms with Crippen LogP contribution in [-0.2, 0) is 0 Å². The van der Waals surface area contributed by atoms with Crippen LogP contribution in [0.5, 0.6) is 17.2 Å². The van der Waals surface area contributed by atoms with E-state index in [1.165, 1.54) is 18.2 Å². The van der Waals surface area contributed by atoms with Gasteiger partial charge in [0.25, 0.3) is 0 Å². The average molecular weight is 315 g/mol. The van der Waals surface area contributed by atoms with Crippen molar-refractivity contribution in [3.63, 3.8) is 0 Å². The number of ether oxygens (including phenoxy) is 2. The van der Waals surface area contributed by atoms with Gasteiger partial charge in [-0.05, 0) is 48.9 Å². The summed E-state index contributed by atoms with van der Waals surface area (Å²) >= 11 is 0. The predicted molar refractivity (Wildman–Crippen MR) is 86.5 cm³/mol. The Bertz CT molecular complexity index is 740. The molecule has 23 heavy (non-hydrogen) atoms. The fraction of sp³-hybridized carbons (Fsp3) is 0.176. The molecule has 120 valence electrons. The largest absolute Gasteiger partial charge is 0.507 e. The van der Waals surface area contributed by atoms with E-state index in [0.717, 1.165) is 5.56 Å². The molecule has 0 spiro atoms. The van der Waals surface area contributed by atoms with Gasteiger partial charge in [0.2, 0.25) is 0 Å². The number of phenols is 1. The molecule has 0 fully saturated rings. The molecule has 0 saturated carbocycles. The summed E-state index contributed by atoms with van der Waals surface area (Å²) in [6.45, 7) is 2.43. The van der Waals surface area contributed by atoms with E-state index >= 15 is 0 Å². The molecule has 2 aromatic rings. The van der Waals surface area contributed by atoms with Crippen molar-refractivity contribution in [3.05, 3.63) is 47.5 Å². The first kappa shape index (κ1) is 16.4. The van der Waals surface area contributed by atoms with Gasteiger partial charge in [-0.25, -0.2) is 4.79 Å². The summed E-state index contributed by atoms with van der Waals surface area (Å²) in [6, 6.07) is 9.50. The molecule has 0 amide bonds. The monoisotopic (exact) mass is 315 g/mol. The topological polar surface area (TPSA) is 88.4 Å². The first-order chi connectivity index (χ1) is 11.0. The molecule has 6 heteroatoms. The molecule has 2 aromatic carbocycles. The van der Waals surface area contributed by atoms with Crippen LogP contribution >= 0.6 is 0 Å². The van der Waals surface area contributed by atoms with Crippen molar-refractivity contribution >= 4 is 17.9 Å². The zero-order chi connectivity index (χ0) is 16.8. The van der Waals surface area contributed by atoms with E-state index in [1.807, 2.05) is 13.0 Å². The summed E-state index contributed by atoms with van der Waals surface area (Å²) in [4.78, 5) is 15.2. The lowest BCUT2D eigenvalue weighted by molar-refractivity contribution is 0.0694. The van der Waals surface area contributed by atoms with E-state index in [9.17, 15) is 9.90 Å². The number of carboxylic acid groups (broad SMARTS) is 1. The third-order valence-electron chi connectivity index (χ3n) is 3.06. The van der Waals surface area contributed by atoms with Gasteiger partial charge in [-0.15, -0.1) is 0 Å². The summed E-state index contributed by atoms with van der Waals surface area (Å²) in [5.74, 6) is -0.265. The SMILES string of the molecule is CCOc1ccc(C=Nc2ccc(O)c(C(=O)O)c2)cc1OC. The summed E-state index contributed by atoms with van der Waals surface area (Å²) in [5, 5.41) is 18.5. The van der Waals surface area contributed by atoms with Gasteiger partial charge in [0, 0.05) is 6.21 Å². The summed E-state index contributed by atoms with van der Waals surface area (Å²) in [5.41, 5.74) is 1.01. The Morgan fingerprint density at radius 3 is 2.65 bits per heavy atom. The highest BCUT2D eigenvalue weighted by molar-refractivity contribution is 5.92. The molecule has 0 aliphatic carbocycles. The first-order valence-electron chi connectivity index (χ1n) is 6.96. The molecule has 0 radical (unpaired) electrons. The number of aromatic hydroxyl groups is 1. The highest BCUT2D eigenvalue weighted by Crippen LogP contribution is 2.28. The van der Waals surface area contributed by atoms with Crippen LogP contribution in [0.15, 0.2) is 41.4 Å². The van der Waals surface area contributed by atoms with Gasteiger partial charge in [-0.1, -0.05) is 0 Å². The number of aromatic carboxylic acids is 1. The van der Waals surface area contributed by atoms with E-state index in [2.05, 4.69) is 4.99 Å². The van der Waals surface area contributed by atoms with Crippen LogP contribution in [0, 0.1) is 0 Å². The lowest BCUT2D eigenvalue weighted by Gasteiger charge is -2.09. The van der Waals surface area contributed by atoms with Crippen molar-refractivity contribution in [2.75, 3.05) is 13.7 Å². The minimum absolute atomic E-state index is 0.191. The number of hydrogen-bond acceptors (Lipinski definition) is 5. The normalized spacial score (nSPS) is 10.7. The third kappa shape index (κ3) is 4.00. The van der Waals surface area contributed by atoms with Crippen LogP contribution in [0.4, 0.5) is 5.69 Å². The molecule has 0 heterocycles. The molecule has 2 rings (SSSR count). The number of aliphatic imine (C=N–C) groups is 1. The minimum atomic E-state index is -1.21. The van der Waals surface area contributed by atoms with Crippen LogP contribution in [0.1, 0.15) is 22.8 Å². The number of carboxylic acids is 1. The number of benzene rings is 2. The van der Waals surface area contributed by atoms with Crippen molar-refractivity contribution in [1.29, 1.82) is 0 Å². The van der Waals surface area contributed by atoms with E-state index in [1.54, 1.807) is 25.5 Å². The number of rotatable bonds is 6. The standard InChI is InChI=1S/C17H17NO5/c1-3-23-15-7-4-11(8-16(15)22-2)10-18-12-5-6-14(19)13(9-12)17(20)21/h4-10,19H,3H2,1-2H3,(H,20,21). The second-order valence-electron chi connectivity index (χ2n) is 4.61.